The molecule has 0 radical (unpaired) electrons. The molecule has 49 heavy (non-hydrogen) atoms. The Morgan fingerprint density at radius 2 is 1.43 bits per heavy atom. The van der Waals surface area contributed by atoms with Gasteiger partial charge in [0.2, 0.25) is 5.91 Å². The number of hydrogen-bond donors (Lipinski definition) is 4. The summed E-state index contributed by atoms with van der Waals surface area (Å²) in [6.45, 7) is 6.22. The molecule has 1 aromatic heterocycles. The highest BCUT2D eigenvalue weighted by Gasteiger charge is 2.33. The number of nitrogens with zero attached hydrogens (tertiary/aromatic N) is 1. The monoisotopic (exact) mass is 678 g/mol. The van der Waals surface area contributed by atoms with Crippen molar-refractivity contribution in [1.29, 1.82) is 0 Å². The van der Waals surface area contributed by atoms with Crippen LogP contribution in [-0.2, 0) is 29.0 Å². The summed E-state index contributed by atoms with van der Waals surface area (Å²) in [6.07, 6.45) is 4.36. The second kappa shape index (κ2) is 20.9. The molecule has 0 saturated heterocycles. The average Bonchev–Trinajstić information content (AvgIpc) is 3.61. The van der Waals surface area contributed by atoms with Crippen molar-refractivity contribution >= 4 is 11.7 Å². The zero-order valence-electron chi connectivity index (χ0n) is 30.0. The molecule has 0 spiro atoms. The highest BCUT2D eigenvalue weighted by molar-refractivity contribution is 5.91. The van der Waals surface area contributed by atoms with E-state index in [-0.39, 0.29) is 29.9 Å². The van der Waals surface area contributed by atoms with Crippen molar-refractivity contribution in [2.75, 3.05) is 14.1 Å². The first-order valence-electron chi connectivity index (χ1n) is 17.7. The standard InChI is InChI=1S/C40H58N2O7/c1-28(14-18-33(44)24-32-16-19-35(20-17-32)49-27-36-12-9-21-48-36)22-37(41-4)40(47)42(5)38(23-29(2)13-15-30(3)43)39(46)26-34(45)25-31-10-7-6-8-11-31/h6-12,16-17,19-21,28-30,33-34,37-38,41,43-45H,13-15,18,22-27H2,1-5H3/t28?,29?,30?,33?,34?,37-,38-/m0/s1. The summed E-state index contributed by atoms with van der Waals surface area (Å²) in [7, 11) is 3.44. The van der Waals surface area contributed by atoms with Crippen LogP contribution in [0.3, 0.4) is 0 Å². The number of likely N-dealkylation sites (N-methyl/N-ethyl adjacent to an activating group) is 2. The van der Waals surface area contributed by atoms with Crippen molar-refractivity contribution < 1.29 is 34.1 Å². The number of rotatable bonds is 23. The van der Waals surface area contributed by atoms with Gasteiger partial charge in [0.15, 0.2) is 5.78 Å². The molecule has 0 bridgehead atoms. The molecule has 0 aliphatic rings. The second-order valence-electron chi connectivity index (χ2n) is 13.9. The van der Waals surface area contributed by atoms with Gasteiger partial charge in [-0.15, -0.1) is 0 Å². The smallest absolute Gasteiger partial charge is 0.240 e. The highest BCUT2D eigenvalue weighted by atomic mass is 16.5. The predicted octanol–water partition coefficient (Wildman–Crippen LogP) is 5.73. The Bertz CT molecular complexity index is 1350. The van der Waals surface area contributed by atoms with E-state index in [1.807, 2.05) is 73.7 Å². The molecule has 0 saturated carbocycles. The zero-order valence-corrected chi connectivity index (χ0v) is 30.0. The van der Waals surface area contributed by atoms with Gasteiger partial charge < -0.3 is 34.7 Å². The fraction of sp³-hybridized carbons (Fsp3) is 0.550. The van der Waals surface area contributed by atoms with E-state index in [4.69, 9.17) is 9.15 Å². The quantitative estimate of drug-likeness (QED) is 0.100. The normalized spacial score (nSPS) is 15.8. The number of benzene rings is 2. The lowest BCUT2D eigenvalue weighted by Gasteiger charge is -2.33. The molecule has 7 atom stereocenters. The van der Waals surface area contributed by atoms with Crippen LogP contribution in [-0.4, -0.2) is 76.4 Å². The summed E-state index contributed by atoms with van der Waals surface area (Å²) in [5.74, 6) is 1.41. The summed E-state index contributed by atoms with van der Waals surface area (Å²) in [6, 6.07) is 19.8. The molecule has 270 valence electrons. The maximum absolute atomic E-state index is 13.8. The molecule has 3 rings (SSSR count). The molecule has 1 amide bonds. The van der Waals surface area contributed by atoms with E-state index >= 15 is 0 Å². The topological polar surface area (TPSA) is 132 Å². The Balaban J connectivity index is 1.53. The molecule has 1 heterocycles. The van der Waals surface area contributed by atoms with E-state index < -0.39 is 30.4 Å². The minimum absolute atomic E-state index is 0.0421. The first-order valence-corrected chi connectivity index (χ1v) is 17.7. The van der Waals surface area contributed by atoms with Crippen molar-refractivity contribution in [3.63, 3.8) is 0 Å². The van der Waals surface area contributed by atoms with Gasteiger partial charge >= 0.3 is 0 Å². The van der Waals surface area contributed by atoms with Gasteiger partial charge in [0.05, 0.1) is 36.7 Å². The lowest BCUT2D eigenvalue weighted by Crippen LogP contribution is -2.51. The Hall–Kier alpha value is -3.50. The molecule has 9 nitrogen and oxygen atoms in total. The Kier molecular flexibility index (Phi) is 17.0. The van der Waals surface area contributed by atoms with Crippen molar-refractivity contribution in [3.8, 4) is 5.75 Å². The number of furan rings is 1. The van der Waals surface area contributed by atoms with E-state index in [0.29, 0.717) is 45.1 Å². The average molecular weight is 679 g/mol. The van der Waals surface area contributed by atoms with Crippen LogP contribution in [0.2, 0.25) is 0 Å². The van der Waals surface area contributed by atoms with Gasteiger partial charge in [0.1, 0.15) is 18.1 Å². The molecule has 2 aromatic carbocycles. The molecular weight excluding hydrogens is 620 g/mol. The van der Waals surface area contributed by atoms with Crippen LogP contribution < -0.4 is 10.1 Å². The first-order chi connectivity index (χ1) is 23.4. The van der Waals surface area contributed by atoms with Crippen LogP contribution in [0, 0.1) is 11.8 Å². The van der Waals surface area contributed by atoms with E-state index in [0.717, 1.165) is 35.5 Å². The van der Waals surface area contributed by atoms with Gasteiger partial charge in [0.25, 0.3) is 0 Å². The molecule has 0 aliphatic carbocycles. The lowest BCUT2D eigenvalue weighted by molar-refractivity contribution is -0.141. The van der Waals surface area contributed by atoms with Crippen molar-refractivity contribution in [3.05, 3.63) is 89.9 Å². The van der Waals surface area contributed by atoms with E-state index in [1.165, 1.54) is 0 Å². The molecule has 0 fully saturated rings. The van der Waals surface area contributed by atoms with Gasteiger partial charge in [-0.1, -0.05) is 56.3 Å². The Morgan fingerprint density at radius 3 is 2.06 bits per heavy atom. The van der Waals surface area contributed by atoms with E-state index in [2.05, 4.69) is 12.2 Å². The molecular formula is C40H58N2O7. The van der Waals surface area contributed by atoms with Crippen LogP contribution in [0.4, 0.5) is 0 Å². The number of carbonyl (C=O) groups is 2. The van der Waals surface area contributed by atoms with E-state index in [1.54, 1.807) is 32.2 Å². The summed E-state index contributed by atoms with van der Waals surface area (Å²) in [5.41, 5.74) is 1.97. The molecule has 4 N–H and O–H groups in total. The largest absolute Gasteiger partial charge is 0.486 e. The molecule has 5 unspecified atom stereocenters. The van der Waals surface area contributed by atoms with Gasteiger partial charge in [0, 0.05) is 13.5 Å². The Morgan fingerprint density at radius 1 is 0.796 bits per heavy atom. The third-order valence-corrected chi connectivity index (χ3v) is 9.27. The number of Topliss-reactive ketones (excluding diaryl/α,β-unsaturated/α-hetero) is 1. The number of aliphatic hydroxyl groups is 3. The SMILES string of the molecule is CN[C@@H](CC(C)CCC(O)Cc1ccc(OCc2ccco2)cc1)C(=O)N(C)[C@@H](CC(C)CCC(C)O)C(=O)CC(O)Cc1ccccc1. The lowest BCUT2D eigenvalue weighted by atomic mass is 9.89. The number of hydrogen-bond acceptors (Lipinski definition) is 8. The van der Waals surface area contributed by atoms with E-state index in [9.17, 15) is 24.9 Å². The fourth-order valence-corrected chi connectivity index (χ4v) is 6.24. The van der Waals surface area contributed by atoms with Crippen molar-refractivity contribution in [2.24, 2.45) is 11.8 Å². The van der Waals surface area contributed by atoms with Gasteiger partial charge in [-0.05, 0) is 113 Å². The number of amides is 1. The van der Waals surface area contributed by atoms with Gasteiger partial charge in [-0.25, -0.2) is 0 Å². The molecule has 0 aliphatic heterocycles. The summed E-state index contributed by atoms with van der Waals surface area (Å²) < 4.78 is 11.0. The maximum atomic E-state index is 13.8. The zero-order chi connectivity index (χ0) is 35.8. The highest BCUT2D eigenvalue weighted by Crippen LogP contribution is 2.23. The molecule has 3 aromatic rings. The minimum Gasteiger partial charge on any atom is -0.486 e. The van der Waals surface area contributed by atoms with Crippen LogP contribution in [0.25, 0.3) is 0 Å². The third kappa shape index (κ3) is 14.5. The van der Waals surface area contributed by atoms with Crippen molar-refractivity contribution in [1.82, 2.24) is 10.2 Å². The first kappa shape index (κ1) is 39.9. The van der Waals surface area contributed by atoms with Crippen LogP contribution in [0.1, 0.15) is 82.6 Å². The number of nitrogens with one attached hydrogen (secondary N) is 1. The van der Waals surface area contributed by atoms with Gasteiger partial charge in [-0.2, -0.15) is 0 Å². The summed E-state index contributed by atoms with van der Waals surface area (Å²) >= 11 is 0. The fourth-order valence-electron chi connectivity index (χ4n) is 6.24. The number of aliphatic hydroxyl groups excluding tert-OH is 3. The van der Waals surface area contributed by atoms with Crippen LogP contribution in [0.15, 0.2) is 77.4 Å². The summed E-state index contributed by atoms with van der Waals surface area (Å²) in [4.78, 5) is 29.1. The van der Waals surface area contributed by atoms with Crippen molar-refractivity contribution in [2.45, 2.75) is 116 Å². The number of ether oxygens (including phenoxy) is 1. The third-order valence-electron chi connectivity index (χ3n) is 9.27. The maximum Gasteiger partial charge on any atom is 0.240 e. The Labute approximate surface area is 292 Å². The van der Waals surface area contributed by atoms with Crippen LogP contribution >= 0.6 is 0 Å². The number of ketones is 1. The molecule has 9 heteroatoms. The predicted molar refractivity (Wildman–Crippen MR) is 192 cm³/mol. The number of carbonyl (C=O) groups excluding carboxylic acids is 2. The second-order valence-corrected chi connectivity index (χ2v) is 13.9. The minimum atomic E-state index is -0.848. The van der Waals surface area contributed by atoms with Gasteiger partial charge in [-0.3, -0.25) is 9.59 Å². The van der Waals surface area contributed by atoms with Crippen LogP contribution in [0.5, 0.6) is 5.75 Å². The summed E-state index contributed by atoms with van der Waals surface area (Å²) in [5, 5.41) is 34.5.